The van der Waals surface area contributed by atoms with E-state index in [4.69, 9.17) is 9.47 Å². The molecule has 6 nitrogen and oxygen atoms in total. The number of hydrogen-bond donors (Lipinski definition) is 1. The van der Waals surface area contributed by atoms with Crippen molar-refractivity contribution in [2.75, 3.05) is 14.2 Å². The summed E-state index contributed by atoms with van der Waals surface area (Å²) in [5.74, 6) is 1.13. The zero-order valence-corrected chi connectivity index (χ0v) is 17.5. The summed E-state index contributed by atoms with van der Waals surface area (Å²) >= 11 is 0. The molecule has 3 amide bonds. The van der Waals surface area contributed by atoms with Gasteiger partial charge in [0.25, 0.3) is 5.91 Å². The van der Waals surface area contributed by atoms with Gasteiger partial charge in [0.15, 0.2) is 0 Å². The van der Waals surface area contributed by atoms with Gasteiger partial charge in [-0.15, -0.1) is 0 Å². The first-order valence-corrected chi connectivity index (χ1v) is 9.71. The van der Waals surface area contributed by atoms with Crippen molar-refractivity contribution in [3.8, 4) is 11.5 Å². The first-order valence-electron chi connectivity index (χ1n) is 9.71. The Morgan fingerprint density at radius 1 is 0.933 bits per heavy atom. The summed E-state index contributed by atoms with van der Waals surface area (Å²) in [6, 6.07) is 16.8. The predicted octanol–water partition coefficient (Wildman–Crippen LogP) is 4.13. The highest BCUT2D eigenvalue weighted by Gasteiger charge is 2.49. The molecule has 1 aliphatic heterocycles. The number of ether oxygens (including phenoxy) is 2. The summed E-state index contributed by atoms with van der Waals surface area (Å²) in [4.78, 5) is 27.3. The highest BCUT2D eigenvalue weighted by Crippen LogP contribution is 2.33. The van der Waals surface area contributed by atoms with Gasteiger partial charge in [-0.2, -0.15) is 0 Å². The first kappa shape index (κ1) is 19.8. The number of aryl methyl sites for hydroxylation is 1. The lowest BCUT2D eigenvalue weighted by Crippen LogP contribution is -2.40. The molecular formula is C24H24N2O4. The van der Waals surface area contributed by atoms with Crippen molar-refractivity contribution in [2.24, 2.45) is 0 Å². The van der Waals surface area contributed by atoms with Crippen LogP contribution in [0.15, 0.2) is 54.6 Å². The van der Waals surface area contributed by atoms with Crippen molar-refractivity contribution in [2.45, 2.75) is 25.9 Å². The summed E-state index contributed by atoms with van der Waals surface area (Å²) in [6.45, 7) is 3.85. The van der Waals surface area contributed by atoms with Crippen LogP contribution in [0.25, 0.3) is 10.8 Å². The first-order chi connectivity index (χ1) is 14.4. The zero-order valence-electron chi connectivity index (χ0n) is 17.5. The van der Waals surface area contributed by atoms with Crippen LogP contribution in [-0.2, 0) is 16.9 Å². The minimum absolute atomic E-state index is 0.149. The molecule has 3 aromatic carbocycles. The van der Waals surface area contributed by atoms with Gasteiger partial charge in [0.2, 0.25) is 0 Å². The van der Waals surface area contributed by atoms with Gasteiger partial charge >= 0.3 is 6.03 Å². The number of methoxy groups -OCH3 is 2. The average molecular weight is 404 g/mol. The molecule has 0 saturated carbocycles. The van der Waals surface area contributed by atoms with Gasteiger partial charge in [-0.25, -0.2) is 4.79 Å². The molecule has 1 saturated heterocycles. The van der Waals surface area contributed by atoms with Crippen molar-refractivity contribution in [3.05, 3.63) is 71.3 Å². The number of carbonyl (C=O) groups is 2. The van der Waals surface area contributed by atoms with Gasteiger partial charge in [-0.3, -0.25) is 9.69 Å². The van der Waals surface area contributed by atoms with E-state index in [1.807, 2.05) is 61.5 Å². The van der Waals surface area contributed by atoms with Crippen LogP contribution in [0.2, 0.25) is 0 Å². The largest absolute Gasteiger partial charge is 0.497 e. The number of fused-ring (bicyclic) bond motifs is 1. The Morgan fingerprint density at radius 2 is 1.67 bits per heavy atom. The smallest absolute Gasteiger partial charge is 0.325 e. The lowest BCUT2D eigenvalue weighted by Gasteiger charge is -2.23. The van der Waals surface area contributed by atoms with Gasteiger partial charge < -0.3 is 14.8 Å². The molecule has 1 atom stereocenters. The van der Waals surface area contributed by atoms with Gasteiger partial charge in [0.1, 0.15) is 17.0 Å². The van der Waals surface area contributed by atoms with E-state index in [0.717, 1.165) is 33.2 Å². The molecule has 1 N–H and O–H groups in total. The lowest BCUT2D eigenvalue weighted by molar-refractivity contribution is -0.131. The number of hydrogen-bond acceptors (Lipinski definition) is 4. The van der Waals surface area contributed by atoms with Crippen molar-refractivity contribution < 1.29 is 19.1 Å². The fraction of sp³-hybridized carbons (Fsp3) is 0.250. The quantitative estimate of drug-likeness (QED) is 0.649. The zero-order chi connectivity index (χ0) is 21.5. The fourth-order valence-electron chi connectivity index (χ4n) is 3.90. The van der Waals surface area contributed by atoms with E-state index < -0.39 is 11.6 Å². The molecule has 0 aliphatic carbocycles. The van der Waals surface area contributed by atoms with Gasteiger partial charge in [0.05, 0.1) is 20.8 Å². The Kier molecular flexibility index (Phi) is 4.86. The number of amides is 3. The molecule has 1 heterocycles. The van der Waals surface area contributed by atoms with E-state index in [9.17, 15) is 9.59 Å². The Bertz CT molecular complexity index is 1160. The number of imide groups is 1. The van der Waals surface area contributed by atoms with Crippen molar-refractivity contribution in [1.82, 2.24) is 10.2 Å². The number of urea groups is 1. The molecule has 6 heteroatoms. The molecule has 154 valence electrons. The summed E-state index contributed by atoms with van der Waals surface area (Å²) in [5, 5.41) is 4.85. The highest BCUT2D eigenvalue weighted by atomic mass is 16.5. The second kappa shape index (κ2) is 7.37. The number of carbonyl (C=O) groups excluding carboxylic acids is 2. The van der Waals surface area contributed by atoms with Crippen LogP contribution in [0.5, 0.6) is 11.5 Å². The van der Waals surface area contributed by atoms with Crippen LogP contribution in [0, 0.1) is 6.92 Å². The number of benzene rings is 3. The van der Waals surface area contributed by atoms with E-state index in [1.165, 1.54) is 4.90 Å². The molecule has 0 bridgehead atoms. The molecule has 0 spiro atoms. The minimum Gasteiger partial charge on any atom is -0.497 e. The van der Waals surface area contributed by atoms with E-state index in [2.05, 4.69) is 5.32 Å². The fourth-order valence-corrected chi connectivity index (χ4v) is 3.90. The van der Waals surface area contributed by atoms with E-state index in [1.54, 1.807) is 21.1 Å². The van der Waals surface area contributed by atoms with Crippen LogP contribution < -0.4 is 14.8 Å². The maximum atomic E-state index is 13.3. The van der Waals surface area contributed by atoms with E-state index in [0.29, 0.717) is 5.75 Å². The summed E-state index contributed by atoms with van der Waals surface area (Å²) in [6.07, 6.45) is 0. The van der Waals surface area contributed by atoms with Crippen molar-refractivity contribution in [1.29, 1.82) is 0 Å². The lowest BCUT2D eigenvalue weighted by atomic mass is 9.90. The minimum atomic E-state index is -1.14. The molecular weight excluding hydrogens is 380 g/mol. The van der Waals surface area contributed by atoms with E-state index in [-0.39, 0.29) is 12.5 Å². The molecule has 0 unspecified atom stereocenters. The van der Waals surface area contributed by atoms with Gasteiger partial charge in [-0.1, -0.05) is 35.9 Å². The third-order valence-electron chi connectivity index (χ3n) is 5.66. The number of nitrogens with one attached hydrogen (secondary N) is 1. The van der Waals surface area contributed by atoms with Crippen LogP contribution in [0.3, 0.4) is 0 Å². The molecule has 1 aliphatic rings. The maximum absolute atomic E-state index is 13.3. The normalized spacial score (nSPS) is 18.6. The van der Waals surface area contributed by atoms with Crippen LogP contribution in [0.1, 0.15) is 23.6 Å². The molecule has 0 aromatic heterocycles. The highest BCUT2D eigenvalue weighted by molar-refractivity contribution is 6.07. The Labute approximate surface area is 175 Å². The monoisotopic (exact) mass is 404 g/mol. The van der Waals surface area contributed by atoms with Crippen molar-refractivity contribution in [3.63, 3.8) is 0 Å². The SMILES string of the molecule is COc1ccc2cc([C@]3(C)NC(=O)N(Cc4cc(C)ccc4OC)C3=O)ccc2c1. The number of nitrogens with zero attached hydrogens (tertiary/aromatic N) is 1. The maximum Gasteiger partial charge on any atom is 0.325 e. The molecule has 3 aromatic rings. The van der Waals surface area contributed by atoms with Gasteiger partial charge in [0, 0.05) is 5.56 Å². The summed E-state index contributed by atoms with van der Waals surface area (Å²) in [7, 11) is 3.20. The van der Waals surface area contributed by atoms with Gasteiger partial charge in [-0.05, 0) is 54.4 Å². The third-order valence-corrected chi connectivity index (χ3v) is 5.66. The summed E-state index contributed by atoms with van der Waals surface area (Å²) in [5.41, 5.74) is 1.42. The summed E-state index contributed by atoms with van der Waals surface area (Å²) < 4.78 is 10.7. The van der Waals surface area contributed by atoms with Crippen LogP contribution in [0.4, 0.5) is 4.79 Å². The molecule has 1 fully saturated rings. The molecule has 0 radical (unpaired) electrons. The standard InChI is InChI=1S/C24H24N2O4/c1-15-5-10-21(30-4)18(11-15)14-26-22(27)24(2,25-23(26)28)19-8-6-17-13-20(29-3)9-7-16(17)12-19/h5-13H,14H2,1-4H3,(H,25,28)/t24-/m0/s1. The van der Waals surface area contributed by atoms with Crippen LogP contribution in [-0.4, -0.2) is 31.1 Å². The van der Waals surface area contributed by atoms with E-state index >= 15 is 0 Å². The Balaban J connectivity index is 1.67. The molecule has 4 rings (SSSR count). The molecule has 30 heavy (non-hydrogen) atoms. The van der Waals surface area contributed by atoms with Crippen LogP contribution >= 0.6 is 0 Å². The second-order valence-electron chi connectivity index (χ2n) is 7.69. The topological polar surface area (TPSA) is 67.9 Å². The number of rotatable bonds is 5. The average Bonchev–Trinajstić information content (AvgIpc) is 2.97. The van der Waals surface area contributed by atoms with Crippen molar-refractivity contribution >= 4 is 22.7 Å². The second-order valence-corrected chi connectivity index (χ2v) is 7.69. The Morgan fingerprint density at radius 3 is 2.40 bits per heavy atom. The predicted molar refractivity (Wildman–Crippen MR) is 115 cm³/mol. The third kappa shape index (κ3) is 3.24. The Hall–Kier alpha value is -3.54.